The van der Waals surface area contributed by atoms with Crippen molar-refractivity contribution >= 4 is 29.9 Å². The first kappa shape index (κ1) is 25.4. The van der Waals surface area contributed by atoms with Gasteiger partial charge in [-0.25, -0.2) is 0 Å². The molecule has 1 aromatic carbocycles. The highest BCUT2D eigenvalue weighted by molar-refractivity contribution is 14.0. The largest absolute Gasteiger partial charge is 0.416 e. The molecule has 1 aromatic heterocycles. The van der Waals surface area contributed by atoms with Gasteiger partial charge in [-0.3, -0.25) is 9.67 Å². The van der Waals surface area contributed by atoms with E-state index in [0.29, 0.717) is 38.3 Å². The number of nitrogens with zero attached hydrogens (tertiary/aromatic N) is 4. The van der Waals surface area contributed by atoms with Crippen LogP contribution in [0.5, 0.6) is 0 Å². The standard InChI is InChI=1S/C21H28F3N5O.HI/c1-3-25-20(26-9-5-6-16-13-27-28(2)14-16)29-10-11-30-19(15-29)17-7-4-8-18(12-17)21(22,23)24;/h4,7-8,12-14,19H,3,5-6,9-11,15H2,1-2H3,(H,25,26);1H. The number of alkyl halides is 3. The number of guanidine groups is 1. The summed E-state index contributed by atoms with van der Waals surface area (Å²) in [7, 11) is 1.89. The Bertz CT molecular complexity index is 856. The molecule has 31 heavy (non-hydrogen) atoms. The van der Waals surface area contributed by atoms with E-state index in [2.05, 4.69) is 15.3 Å². The minimum atomic E-state index is -4.37. The number of hydrogen-bond donors (Lipinski definition) is 1. The number of aromatic nitrogens is 2. The number of benzene rings is 1. The van der Waals surface area contributed by atoms with Gasteiger partial charge in [0.1, 0.15) is 6.10 Å². The van der Waals surface area contributed by atoms with E-state index in [1.807, 2.05) is 26.4 Å². The van der Waals surface area contributed by atoms with Crippen molar-refractivity contribution in [2.45, 2.75) is 32.0 Å². The van der Waals surface area contributed by atoms with E-state index in [0.717, 1.165) is 24.9 Å². The molecule has 1 aliphatic heterocycles. The molecule has 0 saturated carbocycles. The number of morpholine rings is 1. The molecule has 10 heteroatoms. The zero-order valence-corrected chi connectivity index (χ0v) is 20.1. The summed E-state index contributed by atoms with van der Waals surface area (Å²) in [5.41, 5.74) is 1.05. The van der Waals surface area contributed by atoms with Gasteiger partial charge < -0.3 is 15.0 Å². The Balaban J connectivity index is 0.00000341. The molecule has 1 atom stereocenters. The Kier molecular flexibility index (Phi) is 9.60. The lowest BCUT2D eigenvalue weighted by Gasteiger charge is -2.35. The molecule has 1 unspecified atom stereocenters. The Labute approximate surface area is 197 Å². The van der Waals surface area contributed by atoms with Crippen molar-refractivity contribution < 1.29 is 17.9 Å². The van der Waals surface area contributed by atoms with E-state index in [9.17, 15) is 13.2 Å². The highest BCUT2D eigenvalue weighted by atomic mass is 127. The first-order valence-corrected chi connectivity index (χ1v) is 10.2. The van der Waals surface area contributed by atoms with Gasteiger partial charge in [0.2, 0.25) is 0 Å². The molecule has 1 saturated heterocycles. The third-order valence-electron chi connectivity index (χ3n) is 4.93. The lowest BCUT2D eigenvalue weighted by molar-refractivity contribution is -0.137. The fourth-order valence-corrected chi connectivity index (χ4v) is 3.45. The summed E-state index contributed by atoms with van der Waals surface area (Å²) in [5, 5.41) is 7.45. The van der Waals surface area contributed by atoms with Crippen LogP contribution in [0.3, 0.4) is 0 Å². The summed E-state index contributed by atoms with van der Waals surface area (Å²) in [5.74, 6) is 0.768. The summed E-state index contributed by atoms with van der Waals surface area (Å²) in [4.78, 5) is 6.77. The van der Waals surface area contributed by atoms with E-state index in [-0.39, 0.29) is 24.0 Å². The van der Waals surface area contributed by atoms with Gasteiger partial charge >= 0.3 is 6.18 Å². The van der Waals surface area contributed by atoms with Gasteiger partial charge in [0.25, 0.3) is 0 Å². The number of rotatable bonds is 6. The molecule has 6 nitrogen and oxygen atoms in total. The maximum Gasteiger partial charge on any atom is 0.416 e. The monoisotopic (exact) mass is 551 g/mol. The number of nitrogens with one attached hydrogen (secondary N) is 1. The zero-order valence-electron chi connectivity index (χ0n) is 17.7. The molecule has 0 bridgehead atoms. The second-order valence-electron chi connectivity index (χ2n) is 7.29. The van der Waals surface area contributed by atoms with Crippen LogP contribution in [0.4, 0.5) is 13.2 Å². The lowest BCUT2D eigenvalue weighted by Crippen LogP contribution is -2.48. The van der Waals surface area contributed by atoms with E-state index < -0.39 is 17.8 Å². The van der Waals surface area contributed by atoms with Gasteiger partial charge in [-0.1, -0.05) is 12.1 Å². The van der Waals surface area contributed by atoms with E-state index in [4.69, 9.17) is 9.73 Å². The van der Waals surface area contributed by atoms with Gasteiger partial charge in [0.05, 0.1) is 24.9 Å². The fraction of sp³-hybridized carbons (Fsp3) is 0.524. The average molecular weight is 551 g/mol. The quantitative estimate of drug-likeness (QED) is 0.255. The fourth-order valence-electron chi connectivity index (χ4n) is 3.45. The summed E-state index contributed by atoms with van der Waals surface area (Å²) >= 11 is 0. The molecule has 0 aliphatic carbocycles. The Hall–Kier alpha value is -1.82. The molecular weight excluding hydrogens is 522 g/mol. The van der Waals surface area contributed by atoms with Gasteiger partial charge in [-0.15, -0.1) is 24.0 Å². The predicted octanol–water partition coefficient (Wildman–Crippen LogP) is 4.03. The number of hydrogen-bond acceptors (Lipinski definition) is 3. The highest BCUT2D eigenvalue weighted by Gasteiger charge is 2.32. The maximum atomic E-state index is 13.1. The maximum absolute atomic E-state index is 13.1. The first-order valence-electron chi connectivity index (χ1n) is 10.2. The Morgan fingerprint density at radius 2 is 2.16 bits per heavy atom. The molecule has 3 rings (SSSR count). The van der Waals surface area contributed by atoms with Crippen LogP contribution in [0.2, 0.25) is 0 Å². The first-order chi connectivity index (χ1) is 14.4. The molecular formula is C21H29F3IN5O. The summed E-state index contributed by atoms with van der Waals surface area (Å²) in [6, 6.07) is 5.36. The lowest BCUT2D eigenvalue weighted by atomic mass is 10.0. The van der Waals surface area contributed by atoms with Gasteiger partial charge in [-0.05, 0) is 43.0 Å². The highest BCUT2D eigenvalue weighted by Crippen LogP contribution is 2.32. The van der Waals surface area contributed by atoms with Gasteiger partial charge in [0.15, 0.2) is 5.96 Å². The van der Waals surface area contributed by atoms with Crippen molar-refractivity contribution in [1.29, 1.82) is 0 Å². The second-order valence-corrected chi connectivity index (χ2v) is 7.29. The second kappa shape index (κ2) is 11.7. The Morgan fingerprint density at radius 3 is 2.84 bits per heavy atom. The topological polar surface area (TPSA) is 54.7 Å². The van der Waals surface area contributed by atoms with Crippen molar-refractivity contribution in [3.63, 3.8) is 0 Å². The van der Waals surface area contributed by atoms with Crippen LogP contribution in [0.15, 0.2) is 41.7 Å². The number of aliphatic imine (C=N–C) groups is 1. The number of aryl methyl sites for hydroxylation is 2. The minimum Gasteiger partial charge on any atom is -0.370 e. The molecule has 0 radical (unpaired) electrons. The predicted molar refractivity (Wildman–Crippen MR) is 125 cm³/mol. The van der Waals surface area contributed by atoms with Crippen molar-refractivity contribution in [2.24, 2.45) is 12.0 Å². The molecule has 0 amide bonds. The van der Waals surface area contributed by atoms with E-state index >= 15 is 0 Å². The van der Waals surface area contributed by atoms with Crippen LogP contribution < -0.4 is 5.32 Å². The normalized spacial score (nSPS) is 17.4. The Morgan fingerprint density at radius 1 is 1.35 bits per heavy atom. The molecule has 2 aromatic rings. The smallest absolute Gasteiger partial charge is 0.370 e. The van der Waals surface area contributed by atoms with Crippen LogP contribution >= 0.6 is 24.0 Å². The molecule has 172 valence electrons. The van der Waals surface area contributed by atoms with Crippen molar-refractivity contribution in [2.75, 3.05) is 32.8 Å². The van der Waals surface area contributed by atoms with E-state index in [1.54, 1.807) is 10.7 Å². The van der Waals surface area contributed by atoms with Gasteiger partial charge in [0, 0.05) is 32.9 Å². The van der Waals surface area contributed by atoms with Crippen LogP contribution in [-0.4, -0.2) is 53.4 Å². The molecule has 1 aliphatic rings. The van der Waals surface area contributed by atoms with Crippen molar-refractivity contribution in [3.05, 3.63) is 53.3 Å². The summed E-state index contributed by atoms with van der Waals surface area (Å²) in [6.07, 6.45) is 0.844. The third-order valence-corrected chi connectivity index (χ3v) is 4.93. The van der Waals surface area contributed by atoms with Crippen molar-refractivity contribution in [3.8, 4) is 0 Å². The van der Waals surface area contributed by atoms with Crippen LogP contribution in [0.1, 0.15) is 36.1 Å². The van der Waals surface area contributed by atoms with Crippen molar-refractivity contribution in [1.82, 2.24) is 20.0 Å². The molecule has 2 heterocycles. The molecule has 1 fully saturated rings. The van der Waals surface area contributed by atoms with Crippen LogP contribution in [-0.2, 0) is 24.4 Å². The molecule has 0 spiro atoms. The van der Waals surface area contributed by atoms with Crippen LogP contribution in [0, 0.1) is 0 Å². The van der Waals surface area contributed by atoms with E-state index in [1.165, 1.54) is 17.7 Å². The summed E-state index contributed by atoms with van der Waals surface area (Å²) < 4.78 is 46.7. The SMILES string of the molecule is CCNC(=NCCCc1cnn(C)c1)N1CCOC(c2cccc(C(F)(F)F)c2)C1.I. The van der Waals surface area contributed by atoms with Crippen LogP contribution in [0.25, 0.3) is 0 Å². The number of ether oxygens (including phenoxy) is 1. The minimum absolute atomic E-state index is 0. The number of halogens is 4. The third kappa shape index (κ3) is 7.37. The van der Waals surface area contributed by atoms with Gasteiger partial charge in [-0.2, -0.15) is 18.3 Å². The zero-order chi connectivity index (χ0) is 21.6. The molecule has 1 N–H and O–H groups in total. The average Bonchev–Trinajstić information content (AvgIpc) is 3.15. The summed E-state index contributed by atoms with van der Waals surface area (Å²) in [6.45, 7) is 4.90.